The van der Waals surface area contributed by atoms with Crippen molar-refractivity contribution in [3.63, 3.8) is 0 Å². The van der Waals surface area contributed by atoms with Crippen LogP contribution in [0.25, 0.3) is 10.9 Å². The smallest absolute Gasteiger partial charge is 0.172 e. The highest BCUT2D eigenvalue weighted by Gasteiger charge is 2.10. The fraction of sp³-hybridized carbons (Fsp3) is 0.357. The molecule has 0 atom stereocenters. The zero-order valence-corrected chi connectivity index (χ0v) is 13.5. The van der Waals surface area contributed by atoms with Crippen LogP contribution >= 0.6 is 11.6 Å². The first-order chi connectivity index (χ1) is 10.4. The normalized spacial score (nSPS) is 11.8. The number of nitrogens with one attached hydrogen (secondary N) is 1. The summed E-state index contributed by atoms with van der Waals surface area (Å²) in [5, 5.41) is 3.89. The number of fused-ring (bicyclic) bond motifs is 1. The number of benzene rings is 1. The van der Waals surface area contributed by atoms with Crippen LogP contribution in [0.2, 0.25) is 5.02 Å². The van der Waals surface area contributed by atoms with Gasteiger partial charge in [-0.25, -0.2) is 12.8 Å². The Morgan fingerprint density at radius 2 is 2.09 bits per heavy atom. The van der Waals surface area contributed by atoms with Gasteiger partial charge in [0.2, 0.25) is 0 Å². The molecule has 120 valence electrons. The molecule has 5 nitrogen and oxygen atoms in total. The van der Waals surface area contributed by atoms with Gasteiger partial charge in [-0.05, 0) is 18.2 Å². The van der Waals surface area contributed by atoms with Crippen LogP contribution in [0.4, 0.5) is 10.1 Å². The molecule has 2 rings (SSSR count). The second-order valence-electron chi connectivity index (χ2n) is 4.79. The van der Waals surface area contributed by atoms with Gasteiger partial charge in [-0.3, -0.25) is 4.98 Å². The highest BCUT2D eigenvalue weighted by molar-refractivity contribution is 7.90. The van der Waals surface area contributed by atoms with Crippen molar-refractivity contribution in [2.75, 3.05) is 37.1 Å². The molecule has 1 aromatic carbocycles. The van der Waals surface area contributed by atoms with Crippen LogP contribution in [-0.2, 0) is 14.6 Å². The number of aromatic nitrogens is 1. The molecule has 0 amide bonds. The molecule has 8 heteroatoms. The zero-order chi connectivity index (χ0) is 16.2. The second-order valence-corrected chi connectivity index (χ2v) is 7.45. The van der Waals surface area contributed by atoms with Crippen LogP contribution in [0.5, 0.6) is 0 Å². The molecule has 0 fully saturated rings. The zero-order valence-electron chi connectivity index (χ0n) is 12.0. The highest BCUT2D eigenvalue weighted by Crippen LogP contribution is 2.27. The van der Waals surface area contributed by atoms with Gasteiger partial charge in [-0.1, -0.05) is 11.6 Å². The number of halogens is 2. The van der Waals surface area contributed by atoms with E-state index in [9.17, 15) is 12.8 Å². The van der Waals surface area contributed by atoms with E-state index in [0.717, 1.165) is 6.26 Å². The van der Waals surface area contributed by atoms with Crippen molar-refractivity contribution in [2.45, 2.75) is 0 Å². The van der Waals surface area contributed by atoms with Crippen LogP contribution in [-0.4, -0.2) is 45.2 Å². The van der Waals surface area contributed by atoms with Crippen molar-refractivity contribution in [3.05, 3.63) is 35.2 Å². The molecule has 0 saturated carbocycles. The Labute approximate surface area is 133 Å². The number of pyridine rings is 1. The van der Waals surface area contributed by atoms with Gasteiger partial charge in [0.1, 0.15) is 15.4 Å². The van der Waals surface area contributed by atoms with E-state index < -0.39 is 15.7 Å². The van der Waals surface area contributed by atoms with Crippen molar-refractivity contribution < 1.29 is 17.5 Å². The molecular formula is C14H16ClFN2O3S. The number of rotatable bonds is 7. The maximum atomic E-state index is 14.3. The summed E-state index contributed by atoms with van der Waals surface area (Å²) < 4.78 is 41.3. The largest absolute Gasteiger partial charge is 0.380 e. The van der Waals surface area contributed by atoms with Gasteiger partial charge in [-0.15, -0.1) is 0 Å². The first kappa shape index (κ1) is 16.9. The van der Waals surface area contributed by atoms with E-state index in [4.69, 9.17) is 16.3 Å². The van der Waals surface area contributed by atoms with Crippen molar-refractivity contribution in [3.8, 4) is 0 Å². The third-order valence-corrected chi connectivity index (χ3v) is 4.20. The van der Waals surface area contributed by atoms with E-state index in [1.807, 2.05) is 0 Å². The number of hydrogen-bond donors (Lipinski definition) is 1. The summed E-state index contributed by atoms with van der Waals surface area (Å²) in [4.78, 5) is 3.99. The number of sulfone groups is 1. The Hall–Kier alpha value is -1.44. The monoisotopic (exact) mass is 346 g/mol. The van der Waals surface area contributed by atoms with Crippen molar-refractivity contribution in [1.29, 1.82) is 0 Å². The number of nitrogens with zero attached hydrogens (tertiary/aromatic N) is 1. The lowest BCUT2D eigenvalue weighted by molar-refractivity contribution is 0.159. The lowest BCUT2D eigenvalue weighted by atomic mass is 10.2. The van der Waals surface area contributed by atoms with Gasteiger partial charge in [-0.2, -0.15) is 0 Å². The van der Waals surface area contributed by atoms with Crippen LogP contribution in [0, 0.1) is 5.82 Å². The van der Waals surface area contributed by atoms with E-state index in [1.165, 1.54) is 6.20 Å². The van der Waals surface area contributed by atoms with Gasteiger partial charge in [0, 0.05) is 24.4 Å². The van der Waals surface area contributed by atoms with E-state index in [-0.39, 0.29) is 24.5 Å². The molecule has 0 aliphatic rings. The fourth-order valence-electron chi connectivity index (χ4n) is 1.86. The summed E-state index contributed by atoms with van der Waals surface area (Å²) in [5.41, 5.74) is 0.504. The summed E-state index contributed by atoms with van der Waals surface area (Å²) in [7, 11) is -3.02. The average Bonchev–Trinajstić information content (AvgIpc) is 2.44. The summed E-state index contributed by atoms with van der Waals surface area (Å²) in [6.45, 7) is 0.751. The van der Waals surface area contributed by atoms with Crippen molar-refractivity contribution >= 4 is 38.0 Å². The fourth-order valence-corrected chi connectivity index (χ4v) is 2.49. The number of ether oxygens (including phenoxy) is 1. The molecule has 22 heavy (non-hydrogen) atoms. The SMILES string of the molecule is CS(=O)(=O)CCOCCNc1ccc2c(Cl)ccnc2c1F. The molecule has 0 spiro atoms. The van der Waals surface area contributed by atoms with Crippen molar-refractivity contribution in [1.82, 2.24) is 4.98 Å². The van der Waals surface area contributed by atoms with Crippen molar-refractivity contribution in [2.24, 2.45) is 0 Å². The minimum atomic E-state index is -3.02. The van der Waals surface area contributed by atoms with Gasteiger partial charge in [0.25, 0.3) is 0 Å². The molecule has 1 aromatic heterocycles. The highest BCUT2D eigenvalue weighted by atomic mass is 35.5. The molecule has 2 aromatic rings. The van der Waals surface area contributed by atoms with E-state index >= 15 is 0 Å². The Bertz CT molecular complexity index is 768. The van der Waals surface area contributed by atoms with Crippen LogP contribution in [0.1, 0.15) is 0 Å². The van der Waals surface area contributed by atoms with E-state index in [2.05, 4.69) is 10.3 Å². The Morgan fingerprint density at radius 1 is 1.32 bits per heavy atom. The predicted molar refractivity (Wildman–Crippen MR) is 85.7 cm³/mol. The number of hydrogen-bond acceptors (Lipinski definition) is 5. The third-order valence-electron chi connectivity index (χ3n) is 2.96. The first-order valence-electron chi connectivity index (χ1n) is 6.60. The molecule has 0 saturated heterocycles. The van der Waals surface area contributed by atoms with Crippen LogP contribution in [0.15, 0.2) is 24.4 Å². The minimum absolute atomic E-state index is 0.0280. The molecule has 0 radical (unpaired) electrons. The summed E-state index contributed by atoms with van der Waals surface area (Å²) in [6.07, 6.45) is 2.60. The first-order valence-corrected chi connectivity index (χ1v) is 9.04. The second kappa shape index (κ2) is 7.21. The predicted octanol–water partition coefficient (Wildman–Crippen LogP) is 2.50. The quantitative estimate of drug-likeness (QED) is 0.780. The van der Waals surface area contributed by atoms with Crippen LogP contribution in [0.3, 0.4) is 0 Å². The van der Waals surface area contributed by atoms with Gasteiger partial charge >= 0.3 is 0 Å². The van der Waals surface area contributed by atoms with Gasteiger partial charge in [0.15, 0.2) is 5.82 Å². The van der Waals surface area contributed by atoms with Gasteiger partial charge < -0.3 is 10.1 Å². The molecule has 0 aliphatic carbocycles. The Morgan fingerprint density at radius 3 is 2.82 bits per heavy atom. The molecule has 0 unspecified atom stereocenters. The molecular weight excluding hydrogens is 331 g/mol. The summed E-state index contributed by atoms with van der Waals surface area (Å²) in [6, 6.07) is 4.88. The average molecular weight is 347 g/mol. The topological polar surface area (TPSA) is 68.3 Å². The van der Waals surface area contributed by atoms with Gasteiger partial charge in [0.05, 0.1) is 29.7 Å². The third kappa shape index (κ3) is 4.53. The molecule has 0 aliphatic heterocycles. The maximum Gasteiger partial charge on any atom is 0.172 e. The molecule has 1 N–H and O–H groups in total. The lowest BCUT2D eigenvalue weighted by Crippen LogP contribution is -2.15. The summed E-state index contributed by atoms with van der Waals surface area (Å²) >= 11 is 5.98. The minimum Gasteiger partial charge on any atom is -0.380 e. The molecule has 1 heterocycles. The lowest BCUT2D eigenvalue weighted by Gasteiger charge is -2.10. The number of anilines is 1. The van der Waals surface area contributed by atoms with E-state index in [1.54, 1.807) is 18.2 Å². The maximum absolute atomic E-state index is 14.3. The Balaban J connectivity index is 1.91. The van der Waals surface area contributed by atoms with E-state index in [0.29, 0.717) is 22.6 Å². The van der Waals surface area contributed by atoms with Crippen LogP contribution < -0.4 is 5.32 Å². The summed E-state index contributed by atoms with van der Waals surface area (Å²) in [5.74, 6) is -0.504. The Kier molecular flexibility index (Phi) is 5.55. The molecule has 0 bridgehead atoms. The standard InChI is InChI=1S/C14H16ClFN2O3S/c1-22(19,20)9-8-21-7-6-17-12-3-2-10-11(15)4-5-18-14(10)13(12)16/h2-5,17H,6-9H2,1H3.